The van der Waals surface area contributed by atoms with Gasteiger partial charge in [-0.2, -0.15) is 5.10 Å². The Morgan fingerprint density at radius 1 is 1.47 bits per heavy atom. The summed E-state index contributed by atoms with van der Waals surface area (Å²) < 4.78 is 0. The maximum absolute atomic E-state index is 5.04. The number of hydrazone groups is 1. The van der Waals surface area contributed by atoms with Crippen LogP contribution in [0.5, 0.6) is 0 Å². The van der Waals surface area contributed by atoms with Gasteiger partial charge in [-0.3, -0.25) is 10.4 Å². The van der Waals surface area contributed by atoms with Crippen molar-refractivity contribution in [2.45, 2.75) is 20.3 Å². The van der Waals surface area contributed by atoms with Crippen LogP contribution in [-0.2, 0) is 17.1 Å². The van der Waals surface area contributed by atoms with Crippen LogP contribution in [0.1, 0.15) is 26.0 Å². The van der Waals surface area contributed by atoms with E-state index in [-0.39, 0.29) is 17.1 Å². The largest absolute Gasteiger partial charge is 2.00 e. The van der Waals surface area contributed by atoms with Gasteiger partial charge in [0.25, 0.3) is 0 Å². The molecule has 17 heavy (non-hydrogen) atoms. The first-order valence-corrected chi connectivity index (χ1v) is 5.64. The van der Waals surface area contributed by atoms with Crippen LogP contribution in [0.25, 0.3) is 0 Å². The van der Waals surface area contributed by atoms with Crippen molar-refractivity contribution >= 4 is 23.0 Å². The van der Waals surface area contributed by atoms with Crippen LogP contribution >= 0.6 is 12.2 Å². The number of rotatable bonds is 4. The average molecular weight is 300 g/mol. The maximum atomic E-state index is 5.04. The van der Waals surface area contributed by atoms with Gasteiger partial charge in [-0.05, 0) is 37.7 Å². The minimum Gasteiger partial charge on any atom is -0.361 e. The molecule has 1 heterocycles. The van der Waals surface area contributed by atoms with Crippen molar-refractivity contribution in [2.24, 2.45) is 5.10 Å². The molecule has 6 heteroatoms. The van der Waals surface area contributed by atoms with Gasteiger partial charge in [0, 0.05) is 12.7 Å². The fraction of sp³-hybridized carbons (Fsp3) is 0.364. The number of nitrogens with zero attached hydrogens (tertiary/aromatic N) is 2. The first-order chi connectivity index (χ1) is 7.74. The molecule has 0 bridgehead atoms. The molecule has 1 aromatic heterocycles. The minimum absolute atomic E-state index is 0. The van der Waals surface area contributed by atoms with Crippen LogP contribution in [0, 0.1) is 0 Å². The van der Waals surface area contributed by atoms with E-state index in [1.165, 1.54) is 0 Å². The van der Waals surface area contributed by atoms with Crippen molar-refractivity contribution in [3.63, 3.8) is 0 Å². The van der Waals surface area contributed by atoms with Crippen LogP contribution in [0.2, 0.25) is 0 Å². The number of aromatic nitrogens is 1. The Bertz CT molecular complexity index is 367. The summed E-state index contributed by atoms with van der Waals surface area (Å²) >= 11 is 5.04. The quantitative estimate of drug-likeness (QED) is 0.384. The third-order valence-corrected chi connectivity index (χ3v) is 2.13. The van der Waals surface area contributed by atoms with E-state index in [0.29, 0.717) is 5.11 Å². The predicted molar refractivity (Wildman–Crippen MR) is 70.5 cm³/mol. The molecule has 4 nitrogen and oxygen atoms in total. The molecule has 0 spiro atoms. The Hall–Kier alpha value is -0.971. The monoisotopic (exact) mass is 299 g/mol. The van der Waals surface area contributed by atoms with Crippen molar-refractivity contribution in [3.05, 3.63) is 30.1 Å². The molecule has 0 fully saturated rings. The predicted octanol–water partition coefficient (Wildman–Crippen LogP) is 1.68. The Morgan fingerprint density at radius 3 is 2.82 bits per heavy atom. The Balaban J connectivity index is 0.00000256. The summed E-state index contributed by atoms with van der Waals surface area (Å²) in [4.78, 5) is 4.18. The fourth-order valence-electron chi connectivity index (χ4n) is 1.05. The third kappa shape index (κ3) is 6.36. The summed E-state index contributed by atoms with van der Waals surface area (Å²) in [6, 6.07) is 5.70. The van der Waals surface area contributed by atoms with E-state index in [2.05, 4.69) is 27.8 Å². The zero-order chi connectivity index (χ0) is 11.8. The van der Waals surface area contributed by atoms with E-state index >= 15 is 0 Å². The fourth-order valence-corrected chi connectivity index (χ4v) is 1.19. The van der Waals surface area contributed by atoms with Crippen LogP contribution in [-0.4, -0.2) is 22.4 Å². The zero-order valence-electron chi connectivity index (χ0n) is 9.83. The molecule has 0 saturated carbocycles. The number of hydrogen-bond donors (Lipinski definition) is 2. The number of thiocarbonyl (C=S) groups is 1. The van der Waals surface area contributed by atoms with E-state index in [1.54, 1.807) is 6.20 Å². The van der Waals surface area contributed by atoms with Gasteiger partial charge < -0.3 is 5.32 Å². The molecule has 1 rings (SSSR count). The Labute approximate surface area is 118 Å². The second-order valence-electron chi connectivity index (χ2n) is 3.28. The zero-order valence-corrected chi connectivity index (χ0v) is 11.6. The van der Waals surface area contributed by atoms with Crippen molar-refractivity contribution in [1.82, 2.24) is 15.7 Å². The third-order valence-electron chi connectivity index (χ3n) is 1.90. The van der Waals surface area contributed by atoms with Gasteiger partial charge in [-0.25, -0.2) is 0 Å². The molecule has 0 aliphatic heterocycles. The summed E-state index contributed by atoms with van der Waals surface area (Å²) in [5.41, 5.74) is 4.43. The standard InChI is InChI=1S/C11H16N4S.Cu/c1-3-7-13-11(16)15-14-9(2)10-6-4-5-8-12-10;/h4-6,8H,3,7H2,1-2H3,(H2,13,15,16);/q;+2. The van der Waals surface area contributed by atoms with Crippen molar-refractivity contribution < 1.29 is 17.1 Å². The van der Waals surface area contributed by atoms with Crippen molar-refractivity contribution in [3.8, 4) is 0 Å². The summed E-state index contributed by atoms with van der Waals surface area (Å²) in [6.07, 6.45) is 2.77. The first kappa shape index (κ1) is 16.0. The van der Waals surface area contributed by atoms with Crippen molar-refractivity contribution in [1.29, 1.82) is 0 Å². The maximum Gasteiger partial charge on any atom is 2.00 e. The number of hydrogen-bond acceptors (Lipinski definition) is 3. The summed E-state index contributed by atoms with van der Waals surface area (Å²) in [5.74, 6) is 0. The summed E-state index contributed by atoms with van der Waals surface area (Å²) in [5, 5.41) is 7.72. The molecule has 1 radical (unpaired) electrons. The Morgan fingerprint density at radius 2 is 2.24 bits per heavy atom. The smallest absolute Gasteiger partial charge is 0.361 e. The van der Waals surface area contributed by atoms with Gasteiger partial charge in [-0.15, -0.1) is 0 Å². The second-order valence-corrected chi connectivity index (χ2v) is 3.69. The van der Waals surface area contributed by atoms with Gasteiger partial charge in [0.15, 0.2) is 5.11 Å². The molecule has 95 valence electrons. The van der Waals surface area contributed by atoms with Gasteiger partial charge in [0.05, 0.1) is 11.4 Å². The molecule has 0 aliphatic rings. The minimum atomic E-state index is 0. The molecular formula is C11H16CuN4S+2. The topological polar surface area (TPSA) is 49.3 Å². The first-order valence-electron chi connectivity index (χ1n) is 5.23. The summed E-state index contributed by atoms with van der Waals surface area (Å²) in [6.45, 7) is 4.82. The van der Waals surface area contributed by atoms with E-state index in [1.807, 2.05) is 25.1 Å². The van der Waals surface area contributed by atoms with E-state index in [0.717, 1.165) is 24.4 Å². The molecule has 0 saturated heterocycles. The van der Waals surface area contributed by atoms with Crippen molar-refractivity contribution in [2.75, 3.05) is 6.54 Å². The molecular weight excluding hydrogens is 284 g/mol. The molecule has 0 amide bonds. The van der Waals surface area contributed by atoms with Gasteiger partial charge in [0.1, 0.15) is 0 Å². The van der Waals surface area contributed by atoms with E-state index in [4.69, 9.17) is 12.2 Å². The summed E-state index contributed by atoms with van der Waals surface area (Å²) in [7, 11) is 0. The molecule has 0 aromatic carbocycles. The van der Waals surface area contributed by atoms with Crippen LogP contribution in [0.3, 0.4) is 0 Å². The normalized spacial score (nSPS) is 10.4. The molecule has 0 aliphatic carbocycles. The van der Waals surface area contributed by atoms with E-state index < -0.39 is 0 Å². The Kier molecular flexibility index (Phi) is 8.58. The number of pyridine rings is 1. The molecule has 0 unspecified atom stereocenters. The van der Waals surface area contributed by atoms with Crippen LogP contribution in [0.4, 0.5) is 0 Å². The average Bonchev–Trinajstić information content (AvgIpc) is 2.34. The van der Waals surface area contributed by atoms with Crippen LogP contribution in [0.15, 0.2) is 29.5 Å². The van der Waals surface area contributed by atoms with E-state index in [9.17, 15) is 0 Å². The van der Waals surface area contributed by atoms with Crippen LogP contribution < -0.4 is 10.7 Å². The van der Waals surface area contributed by atoms with Gasteiger partial charge in [0.2, 0.25) is 0 Å². The molecule has 0 atom stereocenters. The number of nitrogens with one attached hydrogen (secondary N) is 2. The van der Waals surface area contributed by atoms with Gasteiger partial charge >= 0.3 is 17.1 Å². The molecule has 2 N–H and O–H groups in total. The SMILES string of the molecule is CCCNC(=S)NN=C(C)c1ccccn1.[Cu+2]. The molecule has 1 aromatic rings. The van der Waals surface area contributed by atoms with Gasteiger partial charge in [-0.1, -0.05) is 13.0 Å². The second kappa shape index (κ2) is 9.10.